The van der Waals surface area contributed by atoms with Crippen LogP contribution in [0.2, 0.25) is 0 Å². The summed E-state index contributed by atoms with van der Waals surface area (Å²) in [6.07, 6.45) is 3.07. The summed E-state index contributed by atoms with van der Waals surface area (Å²) in [4.78, 5) is 0. The molecule has 0 aliphatic carbocycles. The average Bonchev–Trinajstić information content (AvgIpc) is 2.78. The van der Waals surface area contributed by atoms with Gasteiger partial charge in [-0.3, -0.25) is 5.84 Å². The van der Waals surface area contributed by atoms with Crippen molar-refractivity contribution in [3.63, 3.8) is 0 Å². The van der Waals surface area contributed by atoms with Crippen molar-refractivity contribution in [2.24, 2.45) is 5.84 Å². The van der Waals surface area contributed by atoms with Gasteiger partial charge in [0.05, 0.1) is 6.61 Å². The molecule has 86 valence electrons. The van der Waals surface area contributed by atoms with Crippen molar-refractivity contribution in [1.82, 2.24) is 5.43 Å². The second kappa shape index (κ2) is 4.68. The van der Waals surface area contributed by atoms with Crippen molar-refractivity contribution in [2.75, 3.05) is 6.61 Å². The molecule has 1 atom stereocenters. The minimum absolute atomic E-state index is 0.0256. The summed E-state index contributed by atoms with van der Waals surface area (Å²) >= 11 is 0. The van der Waals surface area contributed by atoms with Gasteiger partial charge in [0, 0.05) is 6.42 Å². The maximum atomic E-state index is 5.63. The molecule has 0 saturated heterocycles. The zero-order valence-electron chi connectivity index (χ0n) is 9.79. The van der Waals surface area contributed by atoms with Gasteiger partial charge in [0.25, 0.3) is 0 Å². The molecule has 0 spiro atoms. The number of aryl methyl sites for hydroxylation is 2. The highest BCUT2D eigenvalue weighted by molar-refractivity contribution is 5.36. The maximum absolute atomic E-state index is 5.63. The summed E-state index contributed by atoms with van der Waals surface area (Å²) < 4.78 is 5.57. The predicted molar refractivity (Wildman–Crippen MR) is 64.6 cm³/mol. The van der Waals surface area contributed by atoms with Crippen LogP contribution in [0.3, 0.4) is 0 Å². The molecule has 1 aliphatic rings. The number of ether oxygens (including phenoxy) is 1. The van der Waals surface area contributed by atoms with E-state index in [9.17, 15) is 0 Å². The molecule has 0 amide bonds. The van der Waals surface area contributed by atoms with Crippen molar-refractivity contribution >= 4 is 0 Å². The smallest absolute Gasteiger partial charge is 0.115 e. The van der Waals surface area contributed by atoms with Gasteiger partial charge in [-0.1, -0.05) is 23.8 Å². The van der Waals surface area contributed by atoms with E-state index < -0.39 is 0 Å². The zero-order valence-corrected chi connectivity index (χ0v) is 9.79. The Hall–Kier alpha value is -1.32. The summed E-state index contributed by atoms with van der Waals surface area (Å²) in [5, 5.41) is 0. The Morgan fingerprint density at radius 1 is 1.38 bits per heavy atom. The molecule has 3 N–H and O–H groups in total. The second-order valence-electron chi connectivity index (χ2n) is 4.20. The number of hydrogen-bond donors (Lipinski definition) is 2. The Bertz CT molecular complexity index is 412. The first kappa shape index (κ1) is 11.2. The van der Waals surface area contributed by atoms with Gasteiger partial charge in [0.2, 0.25) is 0 Å². The number of benzene rings is 1. The fourth-order valence-electron chi connectivity index (χ4n) is 2.03. The number of nitrogens with one attached hydrogen (secondary N) is 1. The highest BCUT2D eigenvalue weighted by Crippen LogP contribution is 2.28. The lowest BCUT2D eigenvalue weighted by molar-refractivity contribution is 0.215. The minimum Gasteiger partial charge on any atom is -0.496 e. The minimum atomic E-state index is -0.0256. The Morgan fingerprint density at radius 2 is 2.19 bits per heavy atom. The van der Waals surface area contributed by atoms with Gasteiger partial charge in [-0.25, -0.2) is 5.43 Å². The van der Waals surface area contributed by atoms with Crippen LogP contribution in [0.5, 0.6) is 0 Å². The molecule has 0 aromatic heterocycles. The molecule has 1 heterocycles. The average molecular weight is 218 g/mol. The van der Waals surface area contributed by atoms with E-state index in [1.807, 2.05) is 0 Å². The number of hydrazine groups is 1. The van der Waals surface area contributed by atoms with Crippen LogP contribution in [0.1, 0.15) is 29.2 Å². The lowest BCUT2D eigenvalue weighted by Gasteiger charge is -2.20. The summed E-state index contributed by atoms with van der Waals surface area (Å²) in [5.41, 5.74) is 6.49. The number of nitrogens with two attached hydrogens (primary N) is 1. The Kier molecular flexibility index (Phi) is 3.27. The topological polar surface area (TPSA) is 47.3 Å². The van der Waals surface area contributed by atoms with E-state index in [0.717, 1.165) is 18.8 Å². The monoisotopic (exact) mass is 218 g/mol. The van der Waals surface area contributed by atoms with Gasteiger partial charge < -0.3 is 4.74 Å². The largest absolute Gasteiger partial charge is 0.496 e. The molecule has 0 bridgehead atoms. The molecule has 0 radical (unpaired) electrons. The molecular weight excluding hydrogens is 200 g/mol. The van der Waals surface area contributed by atoms with Gasteiger partial charge in [0.15, 0.2) is 0 Å². The van der Waals surface area contributed by atoms with Crippen molar-refractivity contribution in [1.29, 1.82) is 0 Å². The van der Waals surface area contributed by atoms with E-state index in [-0.39, 0.29) is 6.04 Å². The molecule has 0 fully saturated rings. The van der Waals surface area contributed by atoms with Crippen LogP contribution in [0, 0.1) is 13.8 Å². The fourth-order valence-corrected chi connectivity index (χ4v) is 2.03. The second-order valence-corrected chi connectivity index (χ2v) is 4.20. The molecule has 0 saturated carbocycles. The highest BCUT2D eigenvalue weighted by atomic mass is 16.5. The highest BCUT2D eigenvalue weighted by Gasteiger charge is 2.20. The Balaban J connectivity index is 2.35. The van der Waals surface area contributed by atoms with E-state index in [2.05, 4.69) is 43.5 Å². The van der Waals surface area contributed by atoms with E-state index in [1.165, 1.54) is 16.7 Å². The van der Waals surface area contributed by atoms with Crippen LogP contribution in [-0.4, -0.2) is 6.61 Å². The Morgan fingerprint density at radius 3 is 2.81 bits per heavy atom. The van der Waals surface area contributed by atoms with Gasteiger partial charge >= 0.3 is 0 Å². The number of rotatable bonds is 3. The van der Waals surface area contributed by atoms with Crippen LogP contribution in [0.4, 0.5) is 0 Å². The van der Waals surface area contributed by atoms with Crippen molar-refractivity contribution in [3.8, 4) is 0 Å². The standard InChI is InChI=1S/C13H18N2O/c1-9-5-6-10(2)11(8-9)13(15-14)12-4-3-7-16-12/h4-6,8,13,15H,3,7,14H2,1-2H3. The molecule has 3 nitrogen and oxygen atoms in total. The van der Waals surface area contributed by atoms with Crippen LogP contribution in [0.15, 0.2) is 30.0 Å². The molecule has 1 aromatic rings. The molecule has 1 aromatic carbocycles. The SMILES string of the molecule is Cc1ccc(C)c(C(NN)C2=CCCO2)c1. The third kappa shape index (κ3) is 2.10. The van der Waals surface area contributed by atoms with Crippen molar-refractivity contribution in [2.45, 2.75) is 26.3 Å². The maximum Gasteiger partial charge on any atom is 0.115 e. The van der Waals surface area contributed by atoms with Crippen LogP contribution in [-0.2, 0) is 4.74 Å². The first-order chi connectivity index (χ1) is 7.72. The van der Waals surface area contributed by atoms with Crippen molar-refractivity contribution in [3.05, 3.63) is 46.7 Å². The molecule has 16 heavy (non-hydrogen) atoms. The lowest BCUT2D eigenvalue weighted by atomic mass is 9.98. The zero-order chi connectivity index (χ0) is 11.5. The first-order valence-corrected chi connectivity index (χ1v) is 5.58. The van der Waals surface area contributed by atoms with Crippen LogP contribution < -0.4 is 11.3 Å². The summed E-state index contributed by atoms with van der Waals surface area (Å²) in [6.45, 7) is 4.94. The van der Waals surface area contributed by atoms with Crippen LogP contribution in [0.25, 0.3) is 0 Å². The predicted octanol–water partition coefficient (Wildman–Crippen LogP) is 2.11. The van der Waals surface area contributed by atoms with Gasteiger partial charge in [-0.2, -0.15) is 0 Å². The van der Waals surface area contributed by atoms with E-state index in [1.54, 1.807) is 0 Å². The molecule has 3 heteroatoms. The third-order valence-corrected chi connectivity index (χ3v) is 2.93. The quantitative estimate of drug-likeness (QED) is 0.603. The fraction of sp³-hybridized carbons (Fsp3) is 0.385. The lowest BCUT2D eigenvalue weighted by Crippen LogP contribution is -2.30. The van der Waals surface area contributed by atoms with Crippen LogP contribution >= 0.6 is 0 Å². The van der Waals surface area contributed by atoms with Gasteiger partial charge in [0.1, 0.15) is 11.8 Å². The molecule has 2 rings (SSSR count). The third-order valence-electron chi connectivity index (χ3n) is 2.93. The van der Waals surface area contributed by atoms with E-state index in [0.29, 0.717) is 0 Å². The number of hydrogen-bond acceptors (Lipinski definition) is 3. The van der Waals surface area contributed by atoms with Crippen molar-refractivity contribution < 1.29 is 4.74 Å². The first-order valence-electron chi connectivity index (χ1n) is 5.58. The summed E-state index contributed by atoms with van der Waals surface area (Å²) in [5.74, 6) is 6.57. The summed E-state index contributed by atoms with van der Waals surface area (Å²) in [6, 6.07) is 6.35. The molecule has 1 unspecified atom stereocenters. The van der Waals surface area contributed by atoms with E-state index >= 15 is 0 Å². The van der Waals surface area contributed by atoms with E-state index in [4.69, 9.17) is 10.6 Å². The Labute approximate surface area is 96.3 Å². The van der Waals surface area contributed by atoms with Gasteiger partial charge in [-0.15, -0.1) is 0 Å². The normalized spacial score (nSPS) is 16.8. The van der Waals surface area contributed by atoms with Gasteiger partial charge in [-0.05, 0) is 31.1 Å². The molecule has 1 aliphatic heterocycles. The molecular formula is C13H18N2O. The summed E-state index contributed by atoms with van der Waals surface area (Å²) in [7, 11) is 0.